The standard InChI is InChI=1S/C32H31F2N5O2S/c1-4-26-30(39-17-23(9-12-28(39)35-26)37-13-15-38(16-14-37)32(41)20(3)40)25-11-10-24(19(2)29(25)34)31-36-27(18-42-31)21-5-7-22(33)8-6-21/h5-12,17-18,20,40H,4,13-16H2,1-3H3/t20-/m0/s1. The third-order valence-electron chi connectivity index (χ3n) is 7.84. The number of aromatic nitrogens is 3. The molecule has 0 spiro atoms. The van der Waals surface area contributed by atoms with Gasteiger partial charge < -0.3 is 14.9 Å². The van der Waals surface area contributed by atoms with Gasteiger partial charge in [0.25, 0.3) is 5.91 Å². The van der Waals surface area contributed by atoms with E-state index in [-0.39, 0.29) is 17.5 Å². The number of nitrogens with zero attached hydrogens (tertiary/aromatic N) is 5. The third-order valence-corrected chi connectivity index (χ3v) is 8.72. The lowest BCUT2D eigenvalue weighted by Crippen LogP contribution is -2.51. The van der Waals surface area contributed by atoms with Gasteiger partial charge in [0.2, 0.25) is 0 Å². The summed E-state index contributed by atoms with van der Waals surface area (Å²) in [6, 6.07) is 13.8. The monoisotopic (exact) mass is 587 g/mol. The largest absolute Gasteiger partial charge is 0.384 e. The van der Waals surface area contributed by atoms with Crippen LogP contribution in [0.4, 0.5) is 14.5 Å². The molecule has 5 aromatic rings. The number of hydrogen-bond acceptors (Lipinski definition) is 6. The van der Waals surface area contributed by atoms with Crippen LogP contribution >= 0.6 is 11.3 Å². The van der Waals surface area contributed by atoms with E-state index in [1.165, 1.54) is 30.4 Å². The third kappa shape index (κ3) is 5.05. The molecule has 0 unspecified atom stereocenters. The molecule has 1 aliphatic rings. The number of aliphatic hydroxyl groups is 1. The fourth-order valence-electron chi connectivity index (χ4n) is 5.50. The minimum absolute atomic E-state index is 0.256. The van der Waals surface area contributed by atoms with Crippen molar-refractivity contribution < 1.29 is 18.7 Å². The zero-order valence-corrected chi connectivity index (χ0v) is 24.5. The minimum Gasteiger partial charge on any atom is -0.384 e. The fourth-order valence-corrected chi connectivity index (χ4v) is 6.41. The molecule has 1 saturated heterocycles. The molecule has 42 heavy (non-hydrogen) atoms. The van der Waals surface area contributed by atoms with Gasteiger partial charge in [0, 0.05) is 54.4 Å². The molecule has 1 amide bonds. The van der Waals surface area contributed by atoms with Crippen molar-refractivity contribution in [1.29, 1.82) is 0 Å². The van der Waals surface area contributed by atoms with Crippen molar-refractivity contribution in [2.24, 2.45) is 0 Å². The van der Waals surface area contributed by atoms with Gasteiger partial charge in [0.15, 0.2) is 0 Å². The Kier molecular flexibility index (Phi) is 7.51. The van der Waals surface area contributed by atoms with Gasteiger partial charge in [-0.1, -0.05) is 13.0 Å². The predicted octanol–water partition coefficient (Wildman–Crippen LogP) is 5.97. The van der Waals surface area contributed by atoms with Crippen LogP contribution in [0.25, 0.3) is 38.7 Å². The summed E-state index contributed by atoms with van der Waals surface area (Å²) in [5.74, 6) is -0.882. The van der Waals surface area contributed by atoms with Gasteiger partial charge in [-0.2, -0.15) is 0 Å². The van der Waals surface area contributed by atoms with Crippen LogP contribution in [-0.2, 0) is 11.2 Å². The van der Waals surface area contributed by atoms with E-state index in [0.29, 0.717) is 54.3 Å². The Labute approximate surface area is 246 Å². The maximum absolute atomic E-state index is 16.2. The Balaban J connectivity index is 1.33. The van der Waals surface area contributed by atoms with Crippen molar-refractivity contribution in [3.8, 4) is 33.1 Å². The highest BCUT2D eigenvalue weighted by molar-refractivity contribution is 7.13. The van der Waals surface area contributed by atoms with E-state index < -0.39 is 6.10 Å². The molecule has 10 heteroatoms. The van der Waals surface area contributed by atoms with Crippen molar-refractivity contribution >= 4 is 28.6 Å². The number of rotatable bonds is 6. The van der Waals surface area contributed by atoms with Crippen LogP contribution < -0.4 is 4.90 Å². The van der Waals surface area contributed by atoms with Crippen LogP contribution in [-0.4, -0.2) is 62.6 Å². The smallest absolute Gasteiger partial charge is 0.251 e. The molecule has 1 aliphatic heterocycles. The molecule has 216 valence electrons. The van der Waals surface area contributed by atoms with Gasteiger partial charge in [-0.25, -0.2) is 18.7 Å². The summed E-state index contributed by atoms with van der Waals surface area (Å²) in [5.41, 5.74) is 6.42. The van der Waals surface area contributed by atoms with Crippen LogP contribution in [0.5, 0.6) is 0 Å². The van der Waals surface area contributed by atoms with Gasteiger partial charge in [-0.3, -0.25) is 9.20 Å². The minimum atomic E-state index is -1.01. The molecule has 0 radical (unpaired) electrons. The van der Waals surface area contributed by atoms with E-state index in [2.05, 4.69) is 4.90 Å². The summed E-state index contributed by atoms with van der Waals surface area (Å²) in [6.45, 7) is 7.57. The number of imidazole rings is 1. The van der Waals surface area contributed by atoms with E-state index in [1.807, 2.05) is 41.1 Å². The first kappa shape index (κ1) is 28.0. The van der Waals surface area contributed by atoms with Crippen molar-refractivity contribution in [3.05, 3.63) is 83.0 Å². The van der Waals surface area contributed by atoms with E-state index in [9.17, 15) is 14.3 Å². The number of hydrogen-bond donors (Lipinski definition) is 1. The second-order valence-electron chi connectivity index (χ2n) is 10.5. The summed E-state index contributed by atoms with van der Waals surface area (Å²) >= 11 is 1.43. The van der Waals surface area contributed by atoms with Crippen LogP contribution in [0.1, 0.15) is 25.1 Å². The number of aliphatic hydroxyl groups excluding tert-OH is 1. The highest BCUT2D eigenvalue weighted by atomic mass is 32.1. The molecule has 7 nitrogen and oxygen atoms in total. The number of benzene rings is 2. The van der Waals surface area contributed by atoms with Crippen LogP contribution in [0.2, 0.25) is 0 Å². The van der Waals surface area contributed by atoms with Crippen LogP contribution in [0, 0.1) is 18.6 Å². The fraction of sp³-hybridized carbons (Fsp3) is 0.281. The van der Waals surface area contributed by atoms with Gasteiger partial charge in [0.05, 0.1) is 22.8 Å². The van der Waals surface area contributed by atoms with Crippen molar-refractivity contribution in [1.82, 2.24) is 19.3 Å². The zero-order valence-electron chi connectivity index (χ0n) is 23.6. The number of thiazole rings is 1. The van der Waals surface area contributed by atoms with Crippen molar-refractivity contribution in [3.63, 3.8) is 0 Å². The normalized spacial score (nSPS) is 14.5. The molecule has 2 aromatic carbocycles. The van der Waals surface area contributed by atoms with E-state index in [1.54, 1.807) is 30.0 Å². The quantitative estimate of drug-likeness (QED) is 0.265. The first-order valence-electron chi connectivity index (χ1n) is 14.0. The number of halogens is 2. The van der Waals surface area contributed by atoms with Gasteiger partial charge in [-0.05, 0) is 68.3 Å². The summed E-state index contributed by atoms with van der Waals surface area (Å²) in [7, 11) is 0. The molecule has 4 heterocycles. The van der Waals surface area contributed by atoms with Gasteiger partial charge in [-0.15, -0.1) is 11.3 Å². The van der Waals surface area contributed by atoms with Crippen molar-refractivity contribution in [2.75, 3.05) is 31.1 Å². The molecule has 3 aromatic heterocycles. The zero-order chi connectivity index (χ0) is 29.5. The highest BCUT2D eigenvalue weighted by Gasteiger charge is 2.25. The maximum Gasteiger partial charge on any atom is 0.251 e. The first-order valence-corrected chi connectivity index (χ1v) is 14.9. The second kappa shape index (κ2) is 11.3. The lowest BCUT2D eigenvalue weighted by atomic mass is 10.0. The number of carbonyl (C=O) groups excluding carboxylic acids is 1. The molecule has 0 saturated carbocycles. The average Bonchev–Trinajstić information content (AvgIpc) is 3.63. The Bertz CT molecular complexity index is 1770. The lowest BCUT2D eigenvalue weighted by Gasteiger charge is -2.36. The molecule has 1 N–H and O–H groups in total. The second-order valence-corrected chi connectivity index (χ2v) is 11.4. The topological polar surface area (TPSA) is 74.0 Å². The van der Waals surface area contributed by atoms with Crippen molar-refractivity contribution in [2.45, 2.75) is 33.3 Å². The number of piperazine rings is 1. The van der Waals surface area contributed by atoms with Crippen LogP contribution in [0.3, 0.4) is 0 Å². The average molecular weight is 588 g/mol. The molecular weight excluding hydrogens is 556 g/mol. The number of amides is 1. The summed E-state index contributed by atoms with van der Waals surface area (Å²) < 4.78 is 31.5. The van der Waals surface area contributed by atoms with E-state index in [0.717, 1.165) is 34.0 Å². The lowest BCUT2D eigenvalue weighted by molar-refractivity contribution is -0.139. The number of anilines is 1. The Morgan fingerprint density at radius 2 is 1.71 bits per heavy atom. The molecule has 1 atom stereocenters. The number of carbonyl (C=O) groups is 1. The molecule has 1 fully saturated rings. The van der Waals surface area contributed by atoms with Gasteiger partial charge >= 0.3 is 0 Å². The van der Waals surface area contributed by atoms with E-state index >= 15 is 4.39 Å². The molecular formula is C32H31F2N5O2S. The number of aryl methyl sites for hydroxylation is 1. The molecule has 0 aliphatic carbocycles. The molecule has 6 rings (SSSR count). The SMILES string of the molecule is CCc1nc2ccc(N3CCN(C(=O)[C@H](C)O)CC3)cn2c1-c1ccc(-c2nc(-c3ccc(F)cc3)cs2)c(C)c1F. The number of fused-ring (bicyclic) bond motifs is 1. The Morgan fingerprint density at radius 1 is 1.00 bits per heavy atom. The molecule has 0 bridgehead atoms. The summed E-state index contributed by atoms with van der Waals surface area (Å²) in [4.78, 5) is 25.6. The summed E-state index contributed by atoms with van der Waals surface area (Å²) in [6.07, 6.45) is 1.62. The van der Waals surface area contributed by atoms with Gasteiger partial charge in [0.1, 0.15) is 28.4 Å². The summed E-state index contributed by atoms with van der Waals surface area (Å²) in [5, 5.41) is 12.3. The van der Waals surface area contributed by atoms with Crippen LogP contribution in [0.15, 0.2) is 60.1 Å². The first-order chi connectivity index (χ1) is 20.2. The predicted molar refractivity (Wildman–Crippen MR) is 162 cm³/mol. The Morgan fingerprint density at radius 3 is 2.40 bits per heavy atom. The van der Waals surface area contributed by atoms with E-state index in [4.69, 9.17) is 9.97 Å². The maximum atomic E-state index is 16.2. The highest BCUT2D eigenvalue weighted by Crippen LogP contribution is 2.37. The number of pyridine rings is 1. The Hall–Kier alpha value is -4.15.